The summed E-state index contributed by atoms with van der Waals surface area (Å²) >= 11 is 10.8. The van der Waals surface area contributed by atoms with Crippen molar-refractivity contribution in [3.05, 3.63) is 43.7 Å². The molecular formula is C11H9ClN4S3. The van der Waals surface area contributed by atoms with Gasteiger partial charge in [-0.1, -0.05) is 29.4 Å². The van der Waals surface area contributed by atoms with Gasteiger partial charge in [0.1, 0.15) is 0 Å². The second-order valence-corrected chi connectivity index (χ2v) is 7.47. The normalized spacial score (nSPS) is 11.0. The van der Waals surface area contributed by atoms with Crippen LogP contribution in [-0.4, -0.2) is 20.2 Å². The zero-order valence-electron chi connectivity index (χ0n) is 9.69. The molecule has 0 saturated carbocycles. The first kappa shape index (κ1) is 13.1. The Balaban J connectivity index is 1.66. The topological polar surface area (TPSA) is 43.6 Å². The quantitative estimate of drug-likeness (QED) is 0.668. The fourth-order valence-corrected chi connectivity index (χ4v) is 4.21. The highest BCUT2D eigenvalue weighted by molar-refractivity contribution is 7.98. The van der Waals surface area contributed by atoms with Crippen LogP contribution in [0.4, 0.5) is 0 Å². The summed E-state index contributed by atoms with van der Waals surface area (Å²) in [5.74, 6) is 0.836. The summed E-state index contributed by atoms with van der Waals surface area (Å²) in [5.41, 5.74) is 0. The minimum absolute atomic E-state index is 0.720. The molecule has 0 aliphatic rings. The molecule has 0 aliphatic heterocycles. The van der Waals surface area contributed by atoms with Crippen LogP contribution in [0.3, 0.4) is 0 Å². The van der Waals surface area contributed by atoms with Crippen LogP contribution in [0.25, 0.3) is 0 Å². The van der Waals surface area contributed by atoms with Crippen molar-refractivity contribution < 1.29 is 0 Å². The van der Waals surface area contributed by atoms with Gasteiger partial charge in [-0.25, -0.2) is 4.68 Å². The van der Waals surface area contributed by atoms with Crippen LogP contribution in [0.15, 0.2) is 34.8 Å². The molecule has 19 heavy (non-hydrogen) atoms. The summed E-state index contributed by atoms with van der Waals surface area (Å²) in [6.45, 7) is 0.720. The lowest BCUT2D eigenvalue weighted by Crippen LogP contribution is -2.02. The zero-order valence-corrected chi connectivity index (χ0v) is 12.9. The van der Waals surface area contributed by atoms with E-state index in [1.807, 2.05) is 22.9 Å². The second kappa shape index (κ2) is 6.04. The monoisotopic (exact) mass is 328 g/mol. The van der Waals surface area contributed by atoms with Crippen molar-refractivity contribution in [3.63, 3.8) is 0 Å². The predicted octanol–water partition coefficient (Wildman–Crippen LogP) is 3.79. The van der Waals surface area contributed by atoms with Gasteiger partial charge in [0.2, 0.25) is 5.16 Å². The molecule has 0 N–H and O–H groups in total. The molecule has 3 aromatic rings. The molecule has 3 rings (SSSR count). The fraction of sp³-hybridized carbons (Fsp3) is 0.182. The molecule has 0 saturated heterocycles. The SMILES string of the molecule is Clc1ccc(CSc2nnnn2Cc2cccs2)s1. The first-order valence-electron chi connectivity index (χ1n) is 5.47. The summed E-state index contributed by atoms with van der Waals surface area (Å²) in [6.07, 6.45) is 0. The number of tetrazole rings is 1. The lowest BCUT2D eigenvalue weighted by atomic mass is 10.5. The molecular weight excluding hydrogens is 320 g/mol. The molecule has 0 fully saturated rings. The Bertz CT molecular complexity index is 647. The lowest BCUT2D eigenvalue weighted by molar-refractivity contribution is 0.608. The first-order valence-corrected chi connectivity index (χ1v) is 8.53. The van der Waals surface area contributed by atoms with E-state index in [1.165, 1.54) is 9.75 Å². The Kier molecular flexibility index (Phi) is 4.17. The van der Waals surface area contributed by atoms with E-state index in [1.54, 1.807) is 34.4 Å². The molecule has 0 unspecified atom stereocenters. The number of hydrogen-bond acceptors (Lipinski definition) is 6. The average Bonchev–Trinajstić information content (AvgIpc) is 3.10. The summed E-state index contributed by atoms with van der Waals surface area (Å²) in [4.78, 5) is 2.47. The van der Waals surface area contributed by atoms with E-state index in [0.29, 0.717) is 0 Å². The van der Waals surface area contributed by atoms with Gasteiger partial charge in [0.05, 0.1) is 10.9 Å². The highest BCUT2D eigenvalue weighted by Crippen LogP contribution is 2.28. The van der Waals surface area contributed by atoms with E-state index in [-0.39, 0.29) is 0 Å². The molecule has 4 nitrogen and oxygen atoms in total. The van der Waals surface area contributed by atoms with Gasteiger partial charge in [0.15, 0.2) is 0 Å². The first-order chi connectivity index (χ1) is 9.31. The number of hydrogen-bond donors (Lipinski definition) is 0. The zero-order chi connectivity index (χ0) is 13.1. The molecule has 0 aliphatic carbocycles. The van der Waals surface area contributed by atoms with Crippen LogP contribution >= 0.6 is 46.0 Å². The highest BCUT2D eigenvalue weighted by atomic mass is 35.5. The van der Waals surface area contributed by atoms with Gasteiger partial charge in [-0.05, 0) is 34.0 Å². The number of rotatable bonds is 5. The highest BCUT2D eigenvalue weighted by Gasteiger charge is 2.09. The Hall–Kier alpha value is -0.890. The van der Waals surface area contributed by atoms with Crippen LogP contribution in [-0.2, 0) is 12.3 Å². The van der Waals surface area contributed by atoms with Crippen molar-refractivity contribution in [1.29, 1.82) is 0 Å². The van der Waals surface area contributed by atoms with Crippen LogP contribution in [0, 0.1) is 0 Å². The lowest BCUT2D eigenvalue weighted by Gasteiger charge is -2.01. The predicted molar refractivity (Wildman–Crippen MR) is 80.1 cm³/mol. The molecule has 0 bridgehead atoms. The van der Waals surface area contributed by atoms with E-state index >= 15 is 0 Å². The Labute approximate surface area is 127 Å². The van der Waals surface area contributed by atoms with E-state index in [0.717, 1.165) is 21.8 Å². The maximum absolute atomic E-state index is 5.91. The molecule has 0 aromatic carbocycles. The smallest absolute Gasteiger partial charge is 0.210 e. The maximum Gasteiger partial charge on any atom is 0.210 e. The number of nitrogens with zero attached hydrogens (tertiary/aromatic N) is 4. The second-order valence-electron chi connectivity index (χ2n) is 3.69. The van der Waals surface area contributed by atoms with Crippen molar-refractivity contribution >= 4 is 46.0 Å². The van der Waals surface area contributed by atoms with E-state index < -0.39 is 0 Å². The maximum atomic E-state index is 5.91. The van der Waals surface area contributed by atoms with Gasteiger partial charge in [-0.2, -0.15) is 0 Å². The number of thiophene rings is 2. The van der Waals surface area contributed by atoms with Crippen LogP contribution in [0.5, 0.6) is 0 Å². The summed E-state index contributed by atoms with van der Waals surface area (Å²) in [7, 11) is 0. The minimum Gasteiger partial charge on any atom is -0.215 e. The molecule has 98 valence electrons. The molecule has 0 amide bonds. The summed E-state index contributed by atoms with van der Waals surface area (Å²) < 4.78 is 2.64. The Morgan fingerprint density at radius 1 is 1.26 bits per heavy atom. The van der Waals surface area contributed by atoms with Crippen molar-refractivity contribution in [2.24, 2.45) is 0 Å². The largest absolute Gasteiger partial charge is 0.215 e. The van der Waals surface area contributed by atoms with Gasteiger partial charge in [-0.3, -0.25) is 0 Å². The van der Waals surface area contributed by atoms with Gasteiger partial charge in [0.25, 0.3) is 0 Å². The molecule has 3 aromatic heterocycles. The standard InChI is InChI=1S/C11H9ClN4S3/c12-10-4-3-9(19-10)7-18-11-13-14-15-16(11)6-8-2-1-5-17-8/h1-5H,6-7H2. The Morgan fingerprint density at radius 2 is 2.21 bits per heavy atom. The molecule has 0 atom stereocenters. The summed E-state index contributed by atoms with van der Waals surface area (Å²) in [6, 6.07) is 8.06. The van der Waals surface area contributed by atoms with Gasteiger partial charge in [-0.15, -0.1) is 27.8 Å². The third-order valence-corrected chi connectivity index (χ3v) is 5.64. The number of aromatic nitrogens is 4. The molecule has 0 spiro atoms. The van der Waals surface area contributed by atoms with Crippen molar-refractivity contribution in [3.8, 4) is 0 Å². The fourth-order valence-electron chi connectivity index (χ4n) is 1.51. The molecule has 0 radical (unpaired) electrons. The van der Waals surface area contributed by atoms with Crippen LogP contribution in [0.1, 0.15) is 9.75 Å². The van der Waals surface area contributed by atoms with Crippen LogP contribution in [0.2, 0.25) is 4.34 Å². The van der Waals surface area contributed by atoms with E-state index in [9.17, 15) is 0 Å². The van der Waals surface area contributed by atoms with Crippen molar-refractivity contribution in [2.45, 2.75) is 17.5 Å². The molecule has 3 heterocycles. The third kappa shape index (κ3) is 3.36. The third-order valence-electron chi connectivity index (χ3n) is 2.36. The van der Waals surface area contributed by atoms with E-state index in [2.05, 4.69) is 27.0 Å². The summed E-state index contributed by atoms with van der Waals surface area (Å²) in [5, 5.41) is 14.7. The average molecular weight is 329 g/mol. The minimum atomic E-state index is 0.720. The number of thioether (sulfide) groups is 1. The van der Waals surface area contributed by atoms with E-state index in [4.69, 9.17) is 11.6 Å². The van der Waals surface area contributed by atoms with Crippen molar-refractivity contribution in [2.75, 3.05) is 0 Å². The van der Waals surface area contributed by atoms with Crippen LogP contribution < -0.4 is 0 Å². The van der Waals surface area contributed by atoms with Gasteiger partial charge >= 0.3 is 0 Å². The van der Waals surface area contributed by atoms with Gasteiger partial charge < -0.3 is 0 Å². The Morgan fingerprint density at radius 3 is 2.95 bits per heavy atom. The van der Waals surface area contributed by atoms with Gasteiger partial charge in [0, 0.05) is 15.5 Å². The van der Waals surface area contributed by atoms with Crippen molar-refractivity contribution in [1.82, 2.24) is 20.2 Å². The number of halogens is 1. The molecule has 8 heteroatoms.